The highest BCUT2D eigenvalue weighted by molar-refractivity contribution is 5.79. The lowest BCUT2D eigenvalue weighted by Gasteiger charge is -2.24. The van der Waals surface area contributed by atoms with Crippen molar-refractivity contribution in [3.05, 3.63) is 111 Å². The van der Waals surface area contributed by atoms with Gasteiger partial charge < -0.3 is 14.5 Å². The molecule has 4 rings (SSSR count). The number of pyridine rings is 1. The van der Waals surface area contributed by atoms with Crippen molar-refractivity contribution in [2.45, 2.75) is 79.1 Å². The number of nitrogens with one attached hydrogen (secondary N) is 1. The lowest BCUT2D eigenvalue weighted by atomic mass is 9.87. The van der Waals surface area contributed by atoms with Gasteiger partial charge in [0.25, 0.3) is 5.56 Å². The number of ether oxygens (including phenoxy) is 2. The topological polar surface area (TPSA) is 71.6 Å². The van der Waals surface area contributed by atoms with E-state index >= 15 is 0 Å². The fraction of sp³-hybridized carbons (Fsp3) is 0.371. The molecule has 0 aliphatic carbocycles. The zero-order chi connectivity index (χ0) is 29.8. The zero-order valence-corrected chi connectivity index (χ0v) is 25.3. The number of rotatable bonds is 9. The number of carbonyl (C=O) groups is 1. The van der Waals surface area contributed by atoms with E-state index in [1.807, 2.05) is 63.2 Å². The minimum atomic E-state index is -0.549. The molecule has 0 bridgehead atoms. The third kappa shape index (κ3) is 8.79. The van der Waals surface area contributed by atoms with Crippen molar-refractivity contribution in [2.75, 3.05) is 6.61 Å². The third-order valence-electron chi connectivity index (χ3n) is 6.80. The van der Waals surface area contributed by atoms with Crippen molar-refractivity contribution in [2.24, 2.45) is 0 Å². The highest BCUT2D eigenvalue weighted by Crippen LogP contribution is 2.24. The number of carbonyl (C=O) groups excluding carboxylic acids is 1. The predicted molar refractivity (Wildman–Crippen MR) is 165 cm³/mol. The van der Waals surface area contributed by atoms with Gasteiger partial charge in [0, 0.05) is 30.7 Å². The minimum Gasteiger partial charge on any atom is -0.482 e. The first kappa shape index (κ1) is 30.1. The summed E-state index contributed by atoms with van der Waals surface area (Å²) in [5.41, 5.74) is 5.74. The van der Waals surface area contributed by atoms with Crippen molar-refractivity contribution in [1.82, 2.24) is 9.88 Å². The Kier molecular flexibility index (Phi) is 9.03. The maximum absolute atomic E-state index is 13.0. The molecule has 0 amide bonds. The van der Waals surface area contributed by atoms with Crippen LogP contribution in [0.5, 0.6) is 5.75 Å². The molecule has 0 saturated carbocycles. The molecule has 0 unspecified atom stereocenters. The van der Waals surface area contributed by atoms with Gasteiger partial charge in [-0.3, -0.25) is 9.69 Å². The average molecular weight is 555 g/mol. The van der Waals surface area contributed by atoms with Crippen LogP contribution in [0, 0.1) is 6.92 Å². The van der Waals surface area contributed by atoms with E-state index in [-0.39, 0.29) is 17.6 Å². The van der Waals surface area contributed by atoms with Gasteiger partial charge >= 0.3 is 5.97 Å². The number of aromatic amines is 1. The normalized spacial score (nSPS) is 12.1. The van der Waals surface area contributed by atoms with Gasteiger partial charge in [0.05, 0.1) is 0 Å². The lowest BCUT2D eigenvalue weighted by molar-refractivity contribution is -0.157. The van der Waals surface area contributed by atoms with Gasteiger partial charge in [0.1, 0.15) is 11.4 Å². The number of esters is 1. The largest absolute Gasteiger partial charge is 0.482 e. The van der Waals surface area contributed by atoms with Crippen LogP contribution in [0.3, 0.4) is 0 Å². The van der Waals surface area contributed by atoms with Gasteiger partial charge in [-0.05, 0) is 85.5 Å². The molecule has 41 heavy (non-hydrogen) atoms. The summed E-state index contributed by atoms with van der Waals surface area (Å²) in [6.45, 7) is 15.9. The van der Waals surface area contributed by atoms with E-state index in [0.29, 0.717) is 25.4 Å². The second kappa shape index (κ2) is 12.3. The number of aromatic nitrogens is 1. The number of hydrogen-bond donors (Lipinski definition) is 1. The van der Waals surface area contributed by atoms with Crippen LogP contribution in [-0.4, -0.2) is 28.1 Å². The molecule has 6 nitrogen and oxygen atoms in total. The van der Waals surface area contributed by atoms with Crippen LogP contribution in [0.15, 0.2) is 77.6 Å². The van der Waals surface area contributed by atoms with Crippen LogP contribution in [0.4, 0.5) is 0 Å². The molecular weight excluding hydrogens is 512 g/mol. The second-order valence-electron chi connectivity index (χ2n) is 12.8. The zero-order valence-electron chi connectivity index (χ0n) is 25.3. The molecule has 0 spiro atoms. The van der Waals surface area contributed by atoms with E-state index in [9.17, 15) is 9.59 Å². The lowest BCUT2D eigenvalue weighted by Crippen LogP contribution is -2.27. The van der Waals surface area contributed by atoms with E-state index in [4.69, 9.17) is 9.47 Å². The molecule has 3 aromatic carbocycles. The van der Waals surface area contributed by atoms with Crippen molar-refractivity contribution in [3.8, 4) is 5.75 Å². The number of benzene rings is 3. The fourth-order valence-electron chi connectivity index (χ4n) is 4.73. The Labute approximate surface area is 243 Å². The highest BCUT2D eigenvalue weighted by Gasteiger charge is 2.17. The number of fused-ring (bicyclic) bond motifs is 1. The summed E-state index contributed by atoms with van der Waals surface area (Å²) >= 11 is 0. The summed E-state index contributed by atoms with van der Waals surface area (Å²) in [7, 11) is 0. The molecule has 4 aromatic rings. The number of hydrogen-bond acceptors (Lipinski definition) is 5. The highest BCUT2D eigenvalue weighted by atomic mass is 16.6. The Morgan fingerprint density at radius 2 is 1.41 bits per heavy atom. The van der Waals surface area contributed by atoms with Crippen molar-refractivity contribution >= 4 is 16.9 Å². The van der Waals surface area contributed by atoms with Crippen LogP contribution in [-0.2, 0) is 34.6 Å². The number of H-pyrrole nitrogens is 1. The Morgan fingerprint density at radius 3 is 2.00 bits per heavy atom. The van der Waals surface area contributed by atoms with Crippen molar-refractivity contribution in [1.29, 1.82) is 0 Å². The van der Waals surface area contributed by atoms with Gasteiger partial charge in [0.15, 0.2) is 6.61 Å². The Hall–Kier alpha value is -3.90. The third-order valence-corrected chi connectivity index (χ3v) is 6.80. The van der Waals surface area contributed by atoms with Gasteiger partial charge in [-0.15, -0.1) is 0 Å². The molecule has 1 heterocycles. The Morgan fingerprint density at radius 1 is 0.805 bits per heavy atom. The van der Waals surface area contributed by atoms with Crippen LogP contribution < -0.4 is 10.3 Å². The standard InChI is InChI=1S/C35H42N2O4/c1-24-8-17-31-27(18-24)19-28(33(39)36-31)22-37(20-25-9-13-29(14-10-25)34(2,3)4)21-26-11-15-30(16-12-26)40-23-32(38)41-35(5,6)7/h8-19H,20-23H2,1-7H3,(H,36,39). The minimum absolute atomic E-state index is 0.0691. The van der Waals surface area contributed by atoms with Crippen LogP contribution in [0.1, 0.15) is 69.4 Å². The summed E-state index contributed by atoms with van der Waals surface area (Å²) in [5.74, 6) is 0.200. The average Bonchev–Trinajstić information content (AvgIpc) is 2.88. The van der Waals surface area contributed by atoms with Crippen molar-refractivity contribution < 1.29 is 14.3 Å². The summed E-state index contributed by atoms with van der Waals surface area (Å²) in [5, 5.41) is 1.03. The molecule has 6 heteroatoms. The van der Waals surface area contributed by atoms with Crippen LogP contribution >= 0.6 is 0 Å². The molecule has 1 N–H and O–H groups in total. The Balaban J connectivity index is 1.53. The predicted octanol–water partition coefficient (Wildman–Crippen LogP) is 7.06. The molecule has 0 radical (unpaired) electrons. The summed E-state index contributed by atoms with van der Waals surface area (Å²) in [6, 6.07) is 24.5. The quantitative estimate of drug-likeness (QED) is 0.224. The second-order valence-corrected chi connectivity index (χ2v) is 12.8. The maximum Gasteiger partial charge on any atom is 0.344 e. The summed E-state index contributed by atoms with van der Waals surface area (Å²) in [4.78, 5) is 30.4. The molecule has 0 fully saturated rings. The van der Waals surface area contributed by atoms with Crippen LogP contribution in [0.25, 0.3) is 10.9 Å². The Bertz CT molecular complexity index is 1540. The molecule has 216 valence electrons. The van der Waals surface area contributed by atoms with Gasteiger partial charge in [-0.1, -0.05) is 68.8 Å². The van der Waals surface area contributed by atoms with E-state index < -0.39 is 11.6 Å². The van der Waals surface area contributed by atoms with Gasteiger partial charge in [-0.2, -0.15) is 0 Å². The first-order valence-corrected chi connectivity index (χ1v) is 14.1. The number of aryl methyl sites for hydroxylation is 1. The smallest absolute Gasteiger partial charge is 0.344 e. The van der Waals surface area contributed by atoms with Crippen molar-refractivity contribution in [3.63, 3.8) is 0 Å². The molecular formula is C35H42N2O4. The summed E-state index contributed by atoms with van der Waals surface area (Å²) in [6.07, 6.45) is 0. The molecule has 1 aromatic heterocycles. The molecule has 0 aliphatic rings. The first-order valence-electron chi connectivity index (χ1n) is 14.1. The first-order chi connectivity index (χ1) is 19.2. The monoisotopic (exact) mass is 554 g/mol. The van der Waals surface area contributed by atoms with Crippen LogP contribution in [0.2, 0.25) is 0 Å². The fourth-order valence-corrected chi connectivity index (χ4v) is 4.73. The van der Waals surface area contributed by atoms with Gasteiger partial charge in [-0.25, -0.2) is 4.79 Å². The van der Waals surface area contributed by atoms with E-state index in [0.717, 1.165) is 27.6 Å². The van der Waals surface area contributed by atoms with E-state index in [2.05, 4.69) is 67.9 Å². The van der Waals surface area contributed by atoms with Gasteiger partial charge in [0.2, 0.25) is 0 Å². The molecule has 0 saturated heterocycles. The molecule has 0 aliphatic heterocycles. The molecule has 0 atom stereocenters. The summed E-state index contributed by atoms with van der Waals surface area (Å²) < 4.78 is 11.0. The van der Waals surface area contributed by atoms with E-state index in [1.54, 1.807) is 0 Å². The number of nitrogens with zero attached hydrogens (tertiary/aromatic N) is 1. The SMILES string of the molecule is Cc1ccc2[nH]c(=O)c(CN(Cc3ccc(OCC(=O)OC(C)(C)C)cc3)Cc3ccc(C(C)(C)C)cc3)cc2c1. The van der Waals surface area contributed by atoms with E-state index in [1.165, 1.54) is 11.1 Å². The maximum atomic E-state index is 13.0.